The Morgan fingerprint density at radius 3 is 0.910 bits per heavy atom. The van der Waals surface area contributed by atoms with Crippen LogP contribution in [0.2, 0.25) is 0 Å². The highest BCUT2D eigenvalue weighted by molar-refractivity contribution is 6.00. The number of amides is 3. The molecule has 6 aliphatic heterocycles. The lowest BCUT2D eigenvalue weighted by atomic mass is 9.95. The normalized spacial score (nSPS) is 18.0. The van der Waals surface area contributed by atoms with E-state index in [1.54, 1.807) is 126 Å². The van der Waals surface area contributed by atoms with Gasteiger partial charge in [0, 0.05) is 204 Å². The summed E-state index contributed by atoms with van der Waals surface area (Å²) in [7, 11) is 14.3. The summed E-state index contributed by atoms with van der Waals surface area (Å²) >= 11 is 0. The zero-order valence-electron chi connectivity index (χ0n) is 70.7. The van der Waals surface area contributed by atoms with Crippen molar-refractivity contribution in [3.8, 4) is 67.5 Å². The molecule has 15 heterocycles. The van der Waals surface area contributed by atoms with Crippen molar-refractivity contribution in [1.29, 1.82) is 0 Å². The Morgan fingerprint density at radius 2 is 0.672 bits per heavy atom. The minimum absolute atomic E-state index is 0.0318. The first kappa shape index (κ1) is 83.0. The molecule has 6 aliphatic rings. The van der Waals surface area contributed by atoms with Crippen LogP contribution in [0.4, 0.5) is 26.3 Å². The molecule has 2 N–H and O–H groups in total. The first-order valence-electron chi connectivity index (χ1n) is 41.3. The van der Waals surface area contributed by atoms with Gasteiger partial charge in [-0.25, -0.2) is 56.2 Å². The van der Waals surface area contributed by atoms with Gasteiger partial charge in [-0.3, -0.25) is 28.4 Å². The zero-order chi connectivity index (χ0) is 86.3. The summed E-state index contributed by atoms with van der Waals surface area (Å²) in [6, 6.07) is 20.3. The summed E-state index contributed by atoms with van der Waals surface area (Å²) < 4.78 is 97.5. The molecule has 0 unspecified atom stereocenters. The van der Waals surface area contributed by atoms with Gasteiger partial charge in [0.15, 0.2) is 0 Å². The molecule has 3 amide bonds. The summed E-state index contributed by atoms with van der Waals surface area (Å²) in [6.45, 7) is 26.3. The fourth-order valence-corrected chi connectivity index (χ4v) is 18.6. The smallest absolute Gasteiger partial charge is 0.265 e. The fraction of sp³-hybridized carbons (Fsp3) is 0.400. The number of alkyl halides is 6. The molecule has 0 spiro atoms. The van der Waals surface area contributed by atoms with Crippen LogP contribution in [-0.2, 0) is 55.2 Å². The Morgan fingerprint density at radius 1 is 0.402 bits per heavy atom. The lowest BCUT2D eigenvalue weighted by Gasteiger charge is -2.36. The van der Waals surface area contributed by atoms with E-state index >= 15 is 0 Å². The average molecular weight is 1670 g/mol. The molecule has 0 bridgehead atoms. The topological polar surface area (TPSA) is 240 Å². The van der Waals surface area contributed by atoms with E-state index in [9.17, 15) is 40.7 Å². The lowest BCUT2D eigenvalue weighted by molar-refractivity contribution is -0.136. The maximum Gasteiger partial charge on any atom is 0.265 e. The highest BCUT2D eigenvalue weighted by Crippen LogP contribution is 2.47. The number of likely N-dealkylation sites (N-methyl/N-ethyl adjacent to an activating group) is 3. The molecule has 12 aromatic rings. The van der Waals surface area contributed by atoms with Gasteiger partial charge in [0.2, 0.25) is 17.7 Å². The van der Waals surface area contributed by atoms with Crippen LogP contribution in [0.3, 0.4) is 0 Å². The lowest BCUT2D eigenvalue weighted by Crippen LogP contribution is -2.41. The number of aromatic nitrogens is 15. The van der Waals surface area contributed by atoms with E-state index in [0.29, 0.717) is 69.0 Å². The first-order valence-corrected chi connectivity index (χ1v) is 41.3. The SMILES string of the molecule is C=C(C)N1CCC(c2nc(-c3cccc4nc(-c5cnn(C)c5)c(C(F)F)cc34)c3n2[C@H](C)C(=O)N(C)C3)CC1.C=C(NC)N1CCC(c2nc(-c3cccc4nc(-c5cnn(C)c5)c(C(F)F)cc34)c3n2[C@@H](C)C(=O)N(C)C3)CC1.C=C(NC)N1CCC(c2nc(-c3cccc4nc(-c5cnn(C)c5)c(C(F)F)cc34)c3n2[C@H](C)C(=O)N(C)C3)CC1. The molecule has 32 heteroatoms. The molecule has 3 saturated heterocycles. The van der Waals surface area contributed by atoms with Crippen LogP contribution in [0.1, 0.15) is 173 Å². The molecule has 3 atom stereocenters. The van der Waals surface area contributed by atoms with Gasteiger partial charge in [-0.05, 0) is 103 Å². The number of nitrogens with one attached hydrogen (secondary N) is 2. The molecule has 3 aromatic carbocycles. The highest BCUT2D eigenvalue weighted by Gasteiger charge is 2.42. The third kappa shape index (κ3) is 15.2. The van der Waals surface area contributed by atoms with Gasteiger partial charge >= 0.3 is 0 Å². The van der Waals surface area contributed by atoms with Crippen molar-refractivity contribution in [3.05, 3.63) is 198 Å². The van der Waals surface area contributed by atoms with Crippen LogP contribution < -0.4 is 10.6 Å². The first-order chi connectivity index (χ1) is 58.5. The van der Waals surface area contributed by atoms with E-state index in [1.165, 1.54) is 0 Å². The molecule has 0 saturated carbocycles. The van der Waals surface area contributed by atoms with Crippen molar-refractivity contribution in [1.82, 2.24) is 113 Å². The number of rotatable bonds is 17. The zero-order valence-corrected chi connectivity index (χ0v) is 70.7. The minimum Gasteiger partial charge on any atom is -0.375 e. The maximum atomic E-state index is 14.4. The molecular weight excluding hydrogens is 1570 g/mol. The quantitative estimate of drug-likeness (QED) is 0.0805. The third-order valence-corrected chi connectivity index (χ3v) is 25.2. The summed E-state index contributed by atoms with van der Waals surface area (Å²) in [5.74, 6) is 5.04. The predicted octanol–water partition coefficient (Wildman–Crippen LogP) is 15.4. The van der Waals surface area contributed by atoms with Gasteiger partial charge in [0.05, 0.1) is 118 Å². The second-order valence-corrected chi connectivity index (χ2v) is 32.9. The molecule has 122 heavy (non-hydrogen) atoms. The van der Waals surface area contributed by atoms with E-state index in [1.807, 2.05) is 96.4 Å². The number of carbonyl (C=O) groups excluding carboxylic acids is 3. The molecule has 636 valence electrons. The maximum absolute atomic E-state index is 14.4. The number of likely N-dealkylation sites (tertiary alicyclic amines) is 3. The number of aryl methyl sites for hydroxylation is 3. The largest absolute Gasteiger partial charge is 0.375 e. The van der Waals surface area contributed by atoms with Crippen LogP contribution in [0.5, 0.6) is 0 Å². The van der Waals surface area contributed by atoms with Crippen LogP contribution in [-0.4, -0.2) is 195 Å². The van der Waals surface area contributed by atoms with Crippen molar-refractivity contribution in [2.24, 2.45) is 21.1 Å². The average Bonchev–Trinajstić information content (AvgIpc) is 1.59. The number of carbonyl (C=O) groups is 3. The second kappa shape index (κ2) is 33.4. The minimum atomic E-state index is -2.72. The molecule has 3 fully saturated rings. The predicted molar refractivity (Wildman–Crippen MR) is 456 cm³/mol. The second-order valence-electron chi connectivity index (χ2n) is 32.9. The van der Waals surface area contributed by atoms with E-state index in [-0.39, 0.29) is 69.2 Å². The summed E-state index contributed by atoms with van der Waals surface area (Å²) in [5, 5.41) is 20.5. The van der Waals surface area contributed by atoms with Crippen molar-refractivity contribution in [3.63, 3.8) is 0 Å². The molecule has 0 aliphatic carbocycles. The van der Waals surface area contributed by atoms with Gasteiger partial charge in [0.25, 0.3) is 19.3 Å². The Hall–Kier alpha value is -12.6. The Labute approximate surface area is 703 Å². The van der Waals surface area contributed by atoms with Crippen molar-refractivity contribution in [2.75, 3.05) is 74.5 Å². The molecule has 0 radical (unpaired) electrons. The number of piperidine rings is 3. The van der Waals surface area contributed by atoms with E-state index in [2.05, 4.69) is 74.1 Å². The molecule has 9 aromatic heterocycles. The van der Waals surface area contributed by atoms with Crippen molar-refractivity contribution < 1.29 is 40.7 Å². The standard InChI is InChI=1S/2C30H34F2N8O.C30H33F2N7O/c2*1-17-30(41)37(4)16-25-27(36-29(40(17)25)19-9-11-39(12-10-19)18(2)33-3)21-7-6-8-24-22(21)13-23(28(31)32)26(35-24)20-14-34-38(5)15-20;1-17(2)38-11-9-19(10-12-38)29-35-27(25-16-36(4)30(40)18(3)39(25)29)21-7-6-8-24-22(21)13-23(28(31)32)26(34-24)20-14-33-37(5)15-20/h2*6-8,13-15,17,19,28,33H,2,9-12,16H2,1,3-5H3;6-8,13-15,18-19,28H,1,9-12,16H2,2-5H3/t2*17-;18-/m101/s1. The van der Waals surface area contributed by atoms with Crippen molar-refractivity contribution in [2.45, 2.75) is 141 Å². The van der Waals surface area contributed by atoms with E-state index in [0.717, 1.165) is 163 Å². The number of imidazole rings is 3. The van der Waals surface area contributed by atoms with Gasteiger partial charge in [-0.1, -0.05) is 56.1 Å². The van der Waals surface area contributed by atoms with Crippen LogP contribution in [0.15, 0.2) is 147 Å². The van der Waals surface area contributed by atoms with Crippen molar-refractivity contribution >= 4 is 50.4 Å². The van der Waals surface area contributed by atoms with Gasteiger partial charge < -0.3 is 53.7 Å². The number of allylic oxidation sites excluding steroid dienone is 1. The molecule has 26 nitrogen and oxygen atoms in total. The number of pyridine rings is 3. The van der Waals surface area contributed by atoms with Gasteiger partial charge in [0.1, 0.15) is 35.6 Å². The number of hydrogen-bond donors (Lipinski definition) is 2. The van der Waals surface area contributed by atoms with E-state index in [4.69, 9.17) is 29.9 Å². The summed E-state index contributed by atoms with van der Waals surface area (Å²) in [6.07, 6.45) is 6.85. The Balaban J connectivity index is 0.000000136. The number of halogens is 6. The third-order valence-electron chi connectivity index (χ3n) is 25.2. The number of benzene rings is 3. The number of fused-ring (bicyclic) bond motifs is 6. The fourth-order valence-electron chi connectivity index (χ4n) is 18.6. The summed E-state index contributed by atoms with van der Waals surface area (Å²) in [4.78, 5) is 80.8. The number of nitrogens with zero attached hydrogens (tertiary/aromatic N) is 21. The van der Waals surface area contributed by atoms with E-state index < -0.39 is 37.4 Å². The summed E-state index contributed by atoms with van der Waals surface area (Å²) in [5.41, 5.74) is 11.8. The Kier molecular flexibility index (Phi) is 22.7. The monoisotopic (exact) mass is 1670 g/mol. The Bertz CT molecular complexity index is 5840. The van der Waals surface area contributed by atoms with Crippen LogP contribution >= 0.6 is 0 Å². The molecule has 18 rings (SSSR count). The number of hydrogen-bond acceptors (Lipinski definition) is 17. The van der Waals surface area contributed by atoms with Crippen LogP contribution in [0.25, 0.3) is 100 Å². The van der Waals surface area contributed by atoms with Gasteiger partial charge in [-0.15, -0.1) is 0 Å². The van der Waals surface area contributed by atoms with Crippen LogP contribution in [0, 0.1) is 0 Å². The highest BCUT2D eigenvalue weighted by atomic mass is 19.3. The molecular formula is C90H101F6N23O3. The van der Waals surface area contributed by atoms with Gasteiger partial charge in [-0.2, -0.15) is 15.3 Å².